The zero-order valence-corrected chi connectivity index (χ0v) is 9.02. The molecule has 1 rings (SSSR count). The minimum Gasteiger partial charge on any atom is -0.495 e. The van der Waals surface area contributed by atoms with Gasteiger partial charge in [0.05, 0.1) is 24.4 Å². The molecule has 1 aromatic carbocycles. The van der Waals surface area contributed by atoms with Crippen LogP contribution in [0.15, 0.2) is 18.2 Å². The SMILES string of the molecule is COc1cc(C#N)ccc1NC(C)C(=O)O. The van der Waals surface area contributed by atoms with Crippen LogP contribution in [-0.2, 0) is 4.79 Å². The van der Waals surface area contributed by atoms with E-state index in [0.29, 0.717) is 17.0 Å². The van der Waals surface area contributed by atoms with Crippen LogP contribution < -0.4 is 10.1 Å². The molecular formula is C11H12N2O3. The smallest absolute Gasteiger partial charge is 0.325 e. The summed E-state index contributed by atoms with van der Waals surface area (Å²) in [5, 5.41) is 20.2. The Morgan fingerprint density at radius 1 is 1.62 bits per heavy atom. The molecular weight excluding hydrogens is 208 g/mol. The largest absolute Gasteiger partial charge is 0.495 e. The number of carboxylic acid groups (broad SMARTS) is 1. The number of carbonyl (C=O) groups is 1. The first kappa shape index (κ1) is 11.9. The molecule has 0 aliphatic rings. The Bertz CT molecular complexity index is 437. The first-order chi connectivity index (χ1) is 7.58. The van der Waals surface area contributed by atoms with Crippen molar-refractivity contribution >= 4 is 11.7 Å². The first-order valence-electron chi connectivity index (χ1n) is 4.66. The molecule has 1 unspecified atom stereocenters. The van der Waals surface area contributed by atoms with Gasteiger partial charge in [0.1, 0.15) is 11.8 Å². The van der Waals surface area contributed by atoms with Crippen LogP contribution in [0.3, 0.4) is 0 Å². The molecule has 0 aliphatic heterocycles. The quantitative estimate of drug-likeness (QED) is 0.802. The lowest BCUT2D eigenvalue weighted by Crippen LogP contribution is -2.25. The number of aliphatic carboxylic acids is 1. The number of benzene rings is 1. The summed E-state index contributed by atoms with van der Waals surface area (Å²) < 4.78 is 5.06. The summed E-state index contributed by atoms with van der Waals surface area (Å²) in [7, 11) is 1.47. The fourth-order valence-electron chi connectivity index (χ4n) is 1.18. The molecule has 0 amide bonds. The van der Waals surface area contributed by atoms with Gasteiger partial charge in [-0.25, -0.2) is 0 Å². The van der Waals surface area contributed by atoms with Crippen LogP contribution in [0.5, 0.6) is 5.75 Å². The van der Waals surface area contributed by atoms with Crippen molar-refractivity contribution in [2.24, 2.45) is 0 Å². The van der Waals surface area contributed by atoms with E-state index in [-0.39, 0.29) is 0 Å². The predicted molar refractivity (Wildman–Crippen MR) is 58.4 cm³/mol. The summed E-state index contributed by atoms with van der Waals surface area (Å²) in [6.45, 7) is 1.53. The Labute approximate surface area is 93.3 Å². The second-order valence-electron chi connectivity index (χ2n) is 3.23. The van der Waals surface area contributed by atoms with Gasteiger partial charge in [-0.15, -0.1) is 0 Å². The normalized spacial score (nSPS) is 11.3. The summed E-state index contributed by atoms with van der Waals surface area (Å²) in [6, 6.07) is 6.03. The molecule has 0 aliphatic carbocycles. The molecule has 84 valence electrons. The summed E-state index contributed by atoms with van der Waals surface area (Å²) in [4.78, 5) is 10.7. The van der Waals surface area contributed by atoms with E-state index >= 15 is 0 Å². The molecule has 0 spiro atoms. The number of hydrogen-bond donors (Lipinski definition) is 2. The summed E-state index contributed by atoms with van der Waals surface area (Å²) >= 11 is 0. The van der Waals surface area contributed by atoms with Crippen LogP contribution in [0.4, 0.5) is 5.69 Å². The molecule has 5 heteroatoms. The van der Waals surface area contributed by atoms with Gasteiger partial charge in [-0.2, -0.15) is 5.26 Å². The average molecular weight is 220 g/mol. The van der Waals surface area contributed by atoms with Crippen LogP contribution >= 0.6 is 0 Å². The number of nitrogens with one attached hydrogen (secondary N) is 1. The van der Waals surface area contributed by atoms with Gasteiger partial charge in [-0.05, 0) is 19.1 Å². The number of rotatable bonds is 4. The molecule has 5 nitrogen and oxygen atoms in total. The highest BCUT2D eigenvalue weighted by atomic mass is 16.5. The highest BCUT2D eigenvalue weighted by Gasteiger charge is 2.13. The molecule has 0 saturated heterocycles. The number of carboxylic acids is 1. The second-order valence-corrected chi connectivity index (χ2v) is 3.23. The van der Waals surface area contributed by atoms with E-state index in [2.05, 4.69) is 5.32 Å². The molecule has 2 N–H and O–H groups in total. The first-order valence-corrected chi connectivity index (χ1v) is 4.66. The lowest BCUT2D eigenvalue weighted by atomic mass is 10.2. The van der Waals surface area contributed by atoms with Crippen LogP contribution in [-0.4, -0.2) is 24.2 Å². The maximum atomic E-state index is 10.7. The fourth-order valence-corrected chi connectivity index (χ4v) is 1.18. The van der Waals surface area contributed by atoms with Crippen molar-refractivity contribution in [3.63, 3.8) is 0 Å². The van der Waals surface area contributed by atoms with Crippen molar-refractivity contribution in [2.45, 2.75) is 13.0 Å². The lowest BCUT2D eigenvalue weighted by Gasteiger charge is -2.14. The van der Waals surface area contributed by atoms with Gasteiger partial charge in [0, 0.05) is 6.07 Å². The van der Waals surface area contributed by atoms with E-state index in [1.807, 2.05) is 6.07 Å². The number of anilines is 1. The van der Waals surface area contributed by atoms with E-state index in [1.165, 1.54) is 14.0 Å². The Balaban J connectivity index is 2.97. The summed E-state index contributed by atoms with van der Waals surface area (Å²) in [6.07, 6.45) is 0. The molecule has 16 heavy (non-hydrogen) atoms. The van der Waals surface area contributed by atoms with Gasteiger partial charge in [-0.3, -0.25) is 4.79 Å². The molecule has 1 atom stereocenters. The third-order valence-electron chi connectivity index (χ3n) is 2.07. The Morgan fingerprint density at radius 2 is 2.31 bits per heavy atom. The van der Waals surface area contributed by atoms with Gasteiger partial charge < -0.3 is 15.2 Å². The van der Waals surface area contributed by atoms with Crippen molar-refractivity contribution in [1.29, 1.82) is 5.26 Å². The number of ether oxygens (including phenoxy) is 1. The minimum absolute atomic E-state index is 0.451. The van der Waals surface area contributed by atoms with Crippen LogP contribution in [0.1, 0.15) is 12.5 Å². The van der Waals surface area contributed by atoms with Crippen molar-refractivity contribution in [2.75, 3.05) is 12.4 Å². The highest BCUT2D eigenvalue weighted by Crippen LogP contribution is 2.25. The van der Waals surface area contributed by atoms with Gasteiger partial charge in [-0.1, -0.05) is 0 Å². The molecule has 0 radical (unpaired) electrons. The third-order valence-corrected chi connectivity index (χ3v) is 2.07. The van der Waals surface area contributed by atoms with Crippen molar-refractivity contribution in [1.82, 2.24) is 0 Å². The molecule has 0 aromatic heterocycles. The Morgan fingerprint density at radius 3 is 2.81 bits per heavy atom. The second kappa shape index (κ2) is 5.03. The van der Waals surface area contributed by atoms with Gasteiger partial charge >= 0.3 is 5.97 Å². The maximum absolute atomic E-state index is 10.7. The molecule has 0 saturated carbocycles. The Hall–Kier alpha value is -2.22. The van der Waals surface area contributed by atoms with Crippen molar-refractivity contribution in [3.8, 4) is 11.8 Å². The summed E-state index contributed by atoms with van der Waals surface area (Å²) in [5.74, 6) is -0.501. The molecule has 1 aromatic rings. The minimum atomic E-state index is -0.952. The standard InChI is InChI=1S/C11H12N2O3/c1-7(11(14)15)13-9-4-3-8(6-12)5-10(9)16-2/h3-5,7,13H,1-2H3,(H,14,15). The van der Waals surface area contributed by atoms with E-state index in [9.17, 15) is 4.79 Å². The van der Waals surface area contributed by atoms with Gasteiger partial charge in [0.15, 0.2) is 0 Å². The van der Waals surface area contributed by atoms with E-state index in [0.717, 1.165) is 0 Å². The predicted octanol–water partition coefficient (Wildman–Crippen LogP) is 1.45. The number of nitrogens with zero attached hydrogens (tertiary/aromatic N) is 1. The van der Waals surface area contributed by atoms with E-state index in [4.69, 9.17) is 15.1 Å². The van der Waals surface area contributed by atoms with Crippen molar-refractivity contribution in [3.05, 3.63) is 23.8 Å². The number of methoxy groups -OCH3 is 1. The lowest BCUT2D eigenvalue weighted by molar-refractivity contribution is -0.137. The van der Waals surface area contributed by atoms with Crippen LogP contribution in [0.25, 0.3) is 0 Å². The molecule has 0 fully saturated rings. The number of nitriles is 1. The highest BCUT2D eigenvalue weighted by molar-refractivity contribution is 5.77. The van der Waals surface area contributed by atoms with Gasteiger partial charge in [0.2, 0.25) is 0 Å². The van der Waals surface area contributed by atoms with E-state index < -0.39 is 12.0 Å². The van der Waals surface area contributed by atoms with Crippen molar-refractivity contribution < 1.29 is 14.6 Å². The van der Waals surface area contributed by atoms with Gasteiger partial charge in [0.25, 0.3) is 0 Å². The van der Waals surface area contributed by atoms with Crippen LogP contribution in [0, 0.1) is 11.3 Å². The summed E-state index contributed by atoms with van der Waals surface area (Å²) in [5.41, 5.74) is 1.02. The zero-order chi connectivity index (χ0) is 12.1. The molecule has 0 heterocycles. The maximum Gasteiger partial charge on any atom is 0.325 e. The average Bonchev–Trinajstić information content (AvgIpc) is 2.29. The zero-order valence-electron chi connectivity index (χ0n) is 9.02. The van der Waals surface area contributed by atoms with E-state index in [1.54, 1.807) is 18.2 Å². The topological polar surface area (TPSA) is 82.3 Å². The third kappa shape index (κ3) is 2.64. The molecule has 0 bridgehead atoms. The number of hydrogen-bond acceptors (Lipinski definition) is 4. The monoisotopic (exact) mass is 220 g/mol. The Kier molecular flexibility index (Phi) is 3.72. The fraction of sp³-hybridized carbons (Fsp3) is 0.273. The van der Waals surface area contributed by atoms with Crippen LogP contribution in [0.2, 0.25) is 0 Å².